The second-order valence-electron chi connectivity index (χ2n) is 7.09. The van der Waals surface area contributed by atoms with Crippen LogP contribution in [0.2, 0.25) is 0 Å². The average Bonchev–Trinajstić information content (AvgIpc) is 3.17. The molecule has 7 heteroatoms. The van der Waals surface area contributed by atoms with E-state index in [1.165, 1.54) is 6.26 Å². The molecule has 1 N–H and O–H groups in total. The first kappa shape index (κ1) is 17.6. The Morgan fingerprint density at radius 3 is 2.56 bits per heavy atom. The fourth-order valence-electron chi connectivity index (χ4n) is 3.34. The Morgan fingerprint density at radius 1 is 1.15 bits per heavy atom. The summed E-state index contributed by atoms with van der Waals surface area (Å²) in [7, 11) is 0. The molecule has 0 bridgehead atoms. The molecule has 0 aromatic carbocycles. The van der Waals surface area contributed by atoms with E-state index in [2.05, 4.69) is 10.3 Å². The van der Waals surface area contributed by atoms with Crippen molar-refractivity contribution in [2.75, 3.05) is 18.4 Å². The van der Waals surface area contributed by atoms with E-state index in [4.69, 9.17) is 9.15 Å². The van der Waals surface area contributed by atoms with Crippen LogP contribution in [-0.2, 0) is 4.79 Å². The number of aromatic nitrogens is 1. The molecule has 0 atom stereocenters. The first-order valence-electron chi connectivity index (χ1n) is 9.45. The SMILES string of the molecule is O=C(Nc1ccc(OC2CCN(C(=O)c3ccco3)CC2)nc1)C1CCC1. The number of furan rings is 1. The molecule has 0 unspecified atom stereocenters. The molecule has 2 amide bonds. The van der Waals surface area contributed by atoms with Crippen LogP contribution < -0.4 is 10.1 Å². The van der Waals surface area contributed by atoms with Gasteiger partial charge < -0.3 is 19.4 Å². The van der Waals surface area contributed by atoms with Crippen molar-refractivity contribution in [2.45, 2.75) is 38.2 Å². The van der Waals surface area contributed by atoms with Crippen LogP contribution in [0.1, 0.15) is 42.7 Å². The highest BCUT2D eigenvalue weighted by Gasteiger charge is 2.27. The van der Waals surface area contributed by atoms with E-state index in [9.17, 15) is 9.59 Å². The number of rotatable bonds is 5. The summed E-state index contributed by atoms with van der Waals surface area (Å²) in [5, 5.41) is 2.90. The largest absolute Gasteiger partial charge is 0.474 e. The maximum Gasteiger partial charge on any atom is 0.289 e. The molecule has 7 nitrogen and oxygen atoms in total. The third-order valence-electron chi connectivity index (χ3n) is 5.23. The Kier molecular flexibility index (Phi) is 5.09. The number of anilines is 1. The summed E-state index contributed by atoms with van der Waals surface area (Å²) in [6.45, 7) is 1.25. The fourth-order valence-corrected chi connectivity index (χ4v) is 3.34. The first-order valence-corrected chi connectivity index (χ1v) is 9.45. The van der Waals surface area contributed by atoms with Gasteiger partial charge in [0.2, 0.25) is 11.8 Å². The van der Waals surface area contributed by atoms with Crippen molar-refractivity contribution >= 4 is 17.5 Å². The van der Waals surface area contributed by atoms with Gasteiger partial charge in [0.15, 0.2) is 5.76 Å². The normalized spacial score (nSPS) is 18.0. The van der Waals surface area contributed by atoms with Gasteiger partial charge in [0, 0.05) is 37.9 Å². The van der Waals surface area contributed by atoms with E-state index < -0.39 is 0 Å². The van der Waals surface area contributed by atoms with Gasteiger partial charge in [-0.15, -0.1) is 0 Å². The van der Waals surface area contributed by atoms with Crippen LogP contribution in [0, 0.1) is 5.92 Å². The standard InChI is InChI=1S/C20H23N3O4/c24-19(14-3-1-4-14)22-15-6-7-18(21-13-15)27-16-8-10-23(11-9-16)20(25)17-5-2-12-26-17/h2,5-7,12-14,16H,1,3-4,8-11H2,(H,22,24). The molecule has 1 saturated carbocycles. The highest BCUT2D eigenvalue weighted by atomic mass is 16.5. The number of carbonyl (C=O) groups excluding carboxylic acids is 2. The lowest BCUT2D eigenvalue weighted by molar-refractivity contribution is -0.122. The third kappa shape index (κ3) is 4.13. The predicted molar refractivity (Wildman–Crippen MR) is 98.5 cm³/mol. The zero-order valence-corrected chi connectivity index (χ0v) is 15.1. The Balaban J connectivity index is 1.25. The lowest BCUT2D eigenvalue weighted by Crippen LogP contribution is -2.41. The molecule has 2 aromatic heterocycles. The van der Waals surface area contributed by atoms with E-state index in [0.29, 0.717) is 30.4 Å². The molecule has 1 aliphatic carbocycles. The number of ether oxygens (including phenoxy) is 1. The Hall–Kier alpha value is -2.83. The van der Waals surface area contributed by atoms with Crippen molar-refractivity contribution < 1.29 is 18.7 Å². The lowest BCUT2D eigenvalue weighted by Gasteiger charge is -2.31. The number of amides is 2. The molecule has 4 rings (SSSR count). The van der Waals surface area contributed by atoms with Gasteiger partial charge >= 0.3 is 0 Å². The minimum absolute atomic E-state index is 0.0218. The molecule has 2 aromatic rings. The second kappa shape index (κ2) is 7.82. The number of likely N-dealkylation sites (tertiary alicyclic amines) is 1. The Bertz CT molecular complexity index is 776. The Morgan fingerprint density at radius 2 is 1.96 bits per heavy atom. The summed E-state index contributed by atoms with van der Waals surface area (Å²) in [6, 6.07) is 6.98. The molecule has 142 valence electrons. The van der Waals surface area contributed by atoms with Gasteiger partial charge in [0.25, 0.3) is 5.91 Å². The number of piperidine rings is 1. The molecule has 1 saturated heterocycles. The number of nitrogens with zero attached hydrogens (tertiary/aromatic N) is 2. The molecular formula is C20H23N3O4. The summed E-state index contributed by atoms with van der Waals surface area (Å²) < 4.78 is 11.1. The van der Waals surface area contributed by atoms with Gasteiger partial charge in [-0.1, -0.05) is 6.42 Å². The van der Waals surface area contributed by atoms with Crippen molar-refractivity contribution in [1.29, 1.82) is 0 Å². The monoisotopic (exact) mass is 369 g/mol. The number of hydrogen-bond acceptors (Lipinski definition) is 5. The van der Waals surface area contributed by atoms with E-state index in [1.807, 2.05) is 6.07 Å². The van der Waals surface area contributed by atoms with Gasteiger partial charge in [0.05, 0.1) is 18.1 Å². The molecular weight excluding hydrogens is 346 g/mol. The number of hydrogen-bond donors (Lipinski definition) is 1. The fraction of sp³-hybridized carbons (Fsp3) is 0.450. The third-order valence-corrected chi connectivity index (χ3v) is 5.23. The molecule has 0 spiro atoms. The van der Waals surface area contributed by atoms with Gasteiger partial charge in [-0.2, -0.15) is 0 Å². The van der Waals surface area contributed by atoms with Gasteiger partial charge in [-0.3, -0.25) is 9.59 Å². The maximum atomic E-state index is 12.3. The van der Waals surface area contributed by atoms with Crippen molar-refractivity contribution in [3.8, 4) is 5.88 Å². The van der Waals surface area contributed by atoms with E-state index in [0.717, 1.165) is 32.1 Å². The van der Waals surface area contributed by atoms with Crippen LogP contribution in [0.4, 0.5) is 5.69 Å². The van der Waals surface area contributed by atoms with Crippen LogP contribution in [0.25, 0.3) is 0 Å². The second-order valence-corrected chi connectivity index (χ2v) is 7.09. The van der Waals surface area contributed by atoms with Crippen molar-refractivity contribution in [3.05, 3.63) is 42.5 Å². The molecule has 2 aliphatic rings. The predicted octanol–water partition coefficient (Wildman–Crippen LogP) is 3.10. The zero-order valence-electron chi connectivity index (χ0n) is 15.1. The lowest BCUT2D eigenvalue weighted by atomic mass is 9.85. The van der Waals surface area contributed by atoms with Crippen LogP contribution >= 0.6 is 0 Å². The molecule has 2 fully saturated rings. The topological polar surface area (TPSA) is 84.7 Å². The van der Waals surface area contributed by atoms with Crippen molar-refractivity contribution in [3.63, 3.8) is 0 Å². The minimum atomic E-state index is -0.0804. The van der Waals surface area contributed by atoms with Gasteiger partial charge in [0.1, 0.15) is 6.10 Å². The summed E-state index contributed by atoms with van der Waals surface area (Å²) in [4.78, 5) is 30.3. The highest BCUT2D eigenvalue weighted by molar-refractivity contribution is 5.93. The summed E-state index contributed by atoms with van der Waals surface area (Å²) in [5.41, 5.74) is 0.693. The first-order chi connectivity index (χ1) is 13.2. The number of pyridine rings is 1. The zero-order chi connectivity index (χ0) is 18.6. The maximum absolute atomic E-state index is 12.3. The molecule has 0 radical (unpaired) electrons. The Labute approximate surface area is 157 Å². The van der Waals surface area contributed by atoms with Crippen molar-refractivity contribution in [2.24, 2.45) is 5.92 Å². The van der Waals surface area contributed by atoms with Crippen molar-refractivity contribution in [1.82, 2.24) is 9.88 Å². The average molecular weight is 369 g/mol. The van der Waals surface area contributed by atoms with E-state index in [1.54, 1.807) is 29.3 Å². The van der Waals surface area contributed by atoms with Gasteiger partial charge in [-0.25, -0.2) is 4.98 Å². The minimum Gasteiger partial charge on any atom is -0.474 e. The molecule has 3 heterocycles. The highest BCUT2D eigenvalue weighted by Crippen LogP contribution is 2.27. The summed E-state index contributed by atoms with van der Waals surface area (Å²) >= 11 is 0. The van der Waals surface area contributed by atoms with Gasteiger partial charge in [-0.05, 0) is 31.0 Å². The quantitative estimate of drug-likeness (QED) is 0.875. The van der Waals surface area contributed by atoms with Crippen LogP contribution in [-0.4, -0.2) is 40.9 Å². The summed E-state index contributed by atoms with van der Waals surface area (Å²) in [6.07, 6.45) is 7.73. The smallest absolute Gasteiger partial charge is 0.289 e. The molecule has 1 aliphatic heterocycles. The van der Waals surface area contributed by atoms with Crippen LogP contribution in [0.5, 0.6) is 5.88 Å². The molecule has 27 heavy (non-hydrogen) atoms. The van der Waals surface area contributed by atoms with E-state index >= 15 is 0 Å². The van der Waals surface area contributed by atoms with E-state index in [-0.39, 0.29) is 23.8 Å². The van der Waals surface area contributed by atoms with Crippen LogP contribution in [0.3, 0.4) is 0 Å². The number of carbonyl (C=O) groups is 2. The summed E-state index contributed by atoms with van der Waals surface area (Å²) in [5.74, 6) is 1.05. The number of nitrogens with one attached hydrogen (secondary N) is 1. The van der Waals surface area contributed by atoms with Crippen LogP contribution in [0.15, 0.2) is 41.1 Å².